The third kappa shape index (κ3) is 7.05. The molecule has 4 aromatic rings. The molecule has 0 radical (unpaired) electrons. The molecule has 2 aliphatic heterocycles. The van der Waals surface area contributed by atoms with Gasteiger partial charge in [-0.1, -0.05) is 43.5 Å². The van der Waals surface area contributed by atoms with Gasteiger partial charge in [-0.2, -0.15) is 0 Å². The van der Waals surface area contributed by atoms with Gasteiger partial charge in [0.05, 0.1) is 12.2 Å². The van der Waals surface area contributed by atoms with Crippen LogP contribution in [0.15, 0.2) is 80.0 Å². The van der Waals surface area contributed by atoms with E-state index in [0.29, 0.717) is 54.9 Å². The minimum absolute atomic E-state index is 0.0101. The van der Waals surface area contributed by atoms with Gasteiger partial charge in [0, 0.05) is 55.2 Å². The van der Waals surface area contributed by atoms with Gasteiger partial charge in [0.2, 0.25) is 11.1 Å². The maximum atomic E-state index is 13.6. The second-order valence-electron chi connectivity index (χ2n) is 10.5. The van der Waals surface area contributed by atoms with E-state index in [1.807, 2.05) is 41.0 Å². The monoisotopic (exact) mass is 628 g/mol. The van der Waals surface area contributed by atoms with Crippen LogP contribution >= 0.6 is 11.6 Å². The van der Waals surface area contributed by atoms with E-state index in [1.54, 1.807) is 23.2 Å². The van der Waals surface area contributed by atoms with Crippen LogP contribution in [0.25, 0.3) is 22.2 Å². The molecule has 1 saturated heterocycles. The average molecular weight is 629 g/mol. The number of fused-ring (bicyclic) bond motifs is 2. The number of benzene rings is 2. The number of hydrogen-bond donors (Lipinski definition) is 3. The van der Waals surface area contributed by atoms with E-state index in [0.717, 1.165) is 35.3 Å². The number of ether oxygens (including phenoxy) is 1. The summed E-state index contributed by atoms with van der Waals surface area (Å²) in [4.78, 5) is 57.9. The largest absolute Gasteiger partial charge is 0.381 e. The molecule has 11 nitrogen and oxygen atoms in total. The van der Waals surface area contributed by atoms with Crippen molar-refractivity contribution in [2.24, 2.45) is 0 Å². The Hall–Kier alpha value is -5.00. The van der Waals surface area contributed by atoms with Crippen molar-refractivity contribution in [2.45, 2.75) is 32.0 Å². The zero-order valence-electron chi connectivity index (χ0n) is 24.6. The van der Waals surface area contributed by atoms with Crippen molar-refractivity contribution in [2.75, 3.05) is 25.1 Å². The number of nitrogens with one attached hydrogen (secondary N) is 3. The lowest BCUT2D eigenvalue weighted by Crippen LogP contribution is -2.41. The number of rotatable bonds is 7. The van der Waals surface area contributed by atoms with Crippen LogP contribution < -0.4 is 10.6 Å². The summed E-state index contributed by atoms with van der Waals surface area (Å²) in [6.07, 6.45) is 5.49. The Morgan fingerprint density at radius 1 is 0.978 bits per heavy atom. The molecule has 0 bridgehead atoms. The van der Waals surface area contributed by atoms with E-state index in [2.05, 4.69) is 28.8 Å². The molecule has 1 fully saturated rings. The van der Waals surface area contributed by atoms with Crippen LogP contribution in [-0.2, 0) is 27.4 Å². The smallest absolute Gasteiger partial charge is 0.272 e. The first-order valence-electron chi connectivity index (χ1n) is 14.5. The van der Waals surface area contributed by atoms with E-state index < -0.39 is 5.24 Å². The molecule has 2 aromatic carbocycles. The van der Waals surface area contributed by atoms with Crippen molar-refractivity contribution >= 4 is 51.0 Å². The number of aromatic amines is 1. The Labute approximate surface area is 264 Å². The number of nitrogens with zero attached hydrogens (tertiary/aromatic N) is 3. The average Bonchev–Trinajstić information content (AvgIpc) is 3.74. The molecule has 2 aromatic heterocycles. The molecule has 3 N–H and O–H groups in total. The summed E-state index contributed by atoms with van der Waals surface area (Å²) in [6, 6.07) is 15.0. The van der Waals surface area contributed by atoms with Gasteiger partial charge < -0.3 is 29.8 Å². The summed E-state index contributed by atoms with van der Waals surface area (Å²) in [6.45, 7) is 9.05. The maximum Gasteiger partial charge on any atom is 0.272 e. The van der Waals surface area contributed by atoms with Crippen LogP contribution in [0.1, 0.15) is 39.5 Å². The molecule has 0 spiro atoms. The maximum absolute atomic E-state index is 13.6. The summed E-state index contributed by atoms with van der Waals surface area (Å²) >= 11 is 4.71. The third-order valence-corrected chi connectivity index (χ3v) is 7.81. The molecule has 3 amide bonds. The van der Waals surface area contributed by atoms with Crippen molar-refractivity contribution in [3.63, 3.8) is 0 Å². The SMILES string of the molecule is C=CC(=O)Cl.C=CC(=O)Nc1cccc2c(-c3nc(C(=O)NC4CCOCC4)c4n3CCN(C(=O)c3ccc[nH]3)C4)cccc12. The first-order valence-corrected chi connectivity index (χ1v) is 14.9. The van der Waals surface area contributed by atoms with Crippen LogP contribution in [0.2, 0.25) is 0 Å². The molecule has 4 heterocycles. The molecule has 0 saturated carbocycles. The third-order valence-electron chi connectivity index (χ3n) is 7.66. The topological polar surface area (TPSA) is 138 Å². The van der Waals surface area contributed by atoms with E-state index in [4.69, 9.17) is 21.3 Å². The fourth-order valence-corrected chi connectivity index (χ4v) is 5.46. The Kier molecular flexibility index (Phi) is 9.91. The number of H-pyrrole nitrogens is 1. The highest BCUT2D eigenvalue weighted by Gasteiger charge is 2.32. The number of amides is 3. The molecule has 232 valence electrons. The van der Waals surface area contributed by atoms with Gasteiger partial charge in [-0.25, -0.2) is 4.98 Å². The van der Waals surface area contributed by atoms with Crippen LogP contribution in [0.4, 0.5) is 5.69 Å². The fraction of sp³-hybridized carbons (Fsp3) is 0.242. The molecule has 0 aliphatic carbocycles. The predicted octanol–water partition coefficient (Wildman–Crippen LogP) is 4.66. The zero-order chi connectivity index (χ0) is 31.9. The van der Waals surface area contributed by atoms with Gasteiger partial charge in [0.15, 0.2) is 5.69 Å². The molecule has 0 unspecified atom stereocenters. The number of aromatic nitrogens is 3. The van der Waals surface area contributed by atoms with E-state index in [-0.39, 0.29) is 30.3 Å². The van der Waals surface area contributed by atoms with Crippen molar-refractivity contribution in [3.8, 4) is 11.4 Å². The number of halogens is 1. The number of carbonyl (C=O) groups excluding carboxylic acids is 4. The van der Waals surface area contributed by atoms with Crippen LogP contribution in [0.3, 0.4) is 0 Å². The normalized spacial score (nSPS) is 14.5. The highest BCUT2D eigenvalue weighted by molar-refractivity contribution is 6.66. The molecule has 6 rings (SSSR count). The second-order valence-corrected chi connectivity index (χ2v) is 10.8. The molecule has 2 aliphatic rings. The molecule has 12 heteroatoms. The number of anilines is 1. The van der Waals surface area contributed by atoms with Gasteiger partial charge in [-0.3, -0.25) is 19.2 Å². The first-order chi connectivity index (χ1) is 21.8. The van der Waals surface area contributed by atoms with E-state index >= 15 is 0 Å². The molecule has 0 atom stereocenters. The van der Waals surface area contributed by atoms with Crippen LogP contribution in [0.5, 0.6) is 0 Å². The Balaban J connectivity index is 0.000000743. The van der Waals surface area contributed by atoms with Crippen molar-refractivity contribution in [3.05, 3.63) is 97.1 Å². The van der Waals surface area contributed by atoms with Crippen molar-refractivity contribution in [1.82, 2.24) is 24.8 Å². The summed E-state index contributed by atoms with van der Waals surface area (Å²) < 4.78 is 7.49. The van der Waals surface area contributed by atoms with Gasteiger partial charge in [-0.15, -0.1) is 0 Å². The number of allylic oxidation sites excluding steroid dienone is 1. The standard InChI is InChI=1S/C30H30N6O4.C3H3ClO/c1-2-26(37)33-23-9-4-6-20-21(23)7-3-8-22(20)28-34-27(29(38)32-19-11-16-40-17-12-19)25-18-35(14-15-36(25)28)30(39)24-10-5-13-31-24;1-2-3(4)5/h2-10,13,19,31H,1,11-12,14-18H2,(H,32,38)(H,33,37);2H,1H2. The summed E-state index contributed by atoms with van der Waals surface area (Å²) in [5.41, 5.74) is 3.01. The first kappa shape index (κ1) is 31.4. The van der Waals surface area contributed by atoms with Gasteiger partial charge in [0.25, 0.3) is 11.8 Å². The highest BCUT2D eigenvalue weighted by atomic mass is 35.5. The quantitative estimate of drug-likeness (QED) is 0.201. The Bertz CT molecular complexity index is 1760. The predicted molar refractivity (Wildman–Crippen MR) is 172 cm³/mol. The van der Waals surface area contributed by atoms with Gasteiger partial charge >= 0.3 is 0 Å². The van der Waals surface area contributed by atoms with E-state index in [9.17, 15) is 19.2 Å². The minimum Gasteiger partial charge on any atom is -0.381 e. The summed E-state index contributed by atoms with van der Waals surface area (Å²) in [5.74, 6) is -0.0234. The Morgan fingerprint density at radius 2 is 1.71 bits per heavy atom. The highest BCUT2D eigenvalue weighted by Crippen LogP contribution is 2.35. The van der Waals surface area contributed by atoms with E-state index in [1.165, 1.54) is 6.08 Å². The number of imidazole rings is 1. The van der Waals surface area contributed by atoms with Crippen molar-refractivity contribution in [1.29, 1.82) is 0 Å². The Morgan fingerprint density at radius 3 is 2.40 bits per heavy atom. The number of hydrogen-bond acceptors (Lipinski definition) is 6. The summed E-state index contributed by atoms with van der Waals surface area (Å²) in [7, 11) is 0. The molecule has 45 heavy (non-hydrogen) atoms. The fourth-order valence-electron chi connectivity index (χ4n) is 5.46. The van der Waals surface area contributed by atoms with Crippen LogP contribution in [-0.4, -0.2) is 68.2 Å². The lowest BCUT2D eigenvalue weighted by Gasteiger charge is -2.29. The molecular formula is C33H33ClN6O5. The zero-order valence-corrected chi connectivity index (χ0v) is 25.3. The summed E-state index contributed by atoms with van der Waals surface area (Å²) in [5, 5.41) is 7.23. The van der Waals surface area contributed by atoms with Crippen LogP contribution in [0, 0.1) is 0 Å². The molecular weight excluding hydrogens is 596 g/mol. The number of carbonyl (C=O) groups is 4. The second kappa shape index (κ2) is 14.2. The lowest BCUT2D eigenvalue weighted by atomic mass is 10.0. The lowest BCUT2D eigenvalue weighted by molar-refractivity contribution is -0.112. The van der Waals surface area contributed by atoms with Gasteiger partial charge in [-0.05, 0) is 60.2 Å². The van der Waals surface area contributed by atoms with Crippen molar-refractivity contribution < 1.29 is 23.9 Å². The van der Waals surface area contributed by atoms with Gasteiger partial charge in [0.1, 0.15) is 11.5 Å². The minimum atomic E-state index is -0.509.